The molecule has 0 aliphatic rings. The number of hydrogen-bond donors (Lipinski definition) is 1. The molecule has 0 aromatic heterocycles. The maximum absolute atomic E-state index is 11.9. The summed E-state index contributed by atoms with van der Waals surface area (Å²) in [7, 11) is 0. The van der Waals surface area contributed by atoms with E-state index in [1.54, 1.807) is 0 Å². The van der Waals surface area contributed by atoms with E-state index in [-0.39, 0.29) is 43.8 Å². The van der Waals surface area contributed by atoms with Crippen molar-refractivity contribution in [3.8, 4) is 5.75 Å². The predicted octanol–water partition coefficient (Wildman–Crippen LogP) is 5.23. The van der Waals surface area contributed by atoms with Gasteiger partial charge in [-0.2, -0.15) is 0 Å². The van der Waals surface area contributed by atoms with Gasteiger partial charge in [0.25, 0.3) is 11.6 Å². The van der Waals surface area contributed by atoms with Crippen molar-refractivity contribution < 1.29 is 14.5 Å². The van der Waals surface area contributed by atoms with Gasteiger partial charge in [0.05, 0.1) is 30.7 Å². The minimum Gasteiger partial charge on any atom is -0.482 e. The second-order valence-electron chi connectivity index (χ2n) is 4.45. The fourth-order valence-electron chi connectivity index (χ4n) is 1.67. The van der Waals surface area contributed by atoms with Crippen molar-refractivity contribution in [2.75, 3.05) is 11.9 Å². The van der Waals surface area contributed by atoms with Crippen molar-refractivity contribution in [2.45, 2.75) is 0 Å². The predicted molar refractivity (Wildman–Crippen MR) is 93.7 cm³/mol. The van der Waals surface area contributed by atoms with E-state index >= 15 is 0 Å². The van der Waals surface area contributed by atoms with Gasteiger partial charge < -0.3 is 10.1 Å². The van der Waals surface area contributed by atoms with E-state index in [9.17, 15) is 14.9 Å². The Hall–Kier alpha value is -1.73. The molecule has 2 aromatic rings. The summed E-state index contributed by atoms with van der Waals surface area (Å²) in [6.45, 7) is -0.381. The van der Waals surface area contributed by atoms with Crippen molar-refractivity contribution >= 4 is 63.7 Å². The molecule has 0 spiro atoms. The zero-order valence-electron chi connectivity index (χ0n) is 11.7. The van der Waals surface area contributed by atoms with E-state index in [1.807, 2.05) is 0 Å². The number of nitrogens with zero attached hydrogens (tertiary/aromatic N) is 1. The third-order valence-corrected chi connectivity index (χ3v) is 4.10. The van der Waals surface area contributed by atoms with Crippen LogP contribution in [-0.4, -0.2) is 17.4 Å². The van der Waals surface area contributed by atoms with Gasteiger partial charge in [-0.15, -0.1) is 0 Å². The molecule has 0 radical (unpaired) electrons. The van der Waals surface area contributed by atoms with Crippen LogP contribution in [0, 0.1) is 10.1 Å². The lowest BCUT2D eigenvalue weighted by molar-refractivity contribution is -0.384. The summed E-state index contributed by atoms with van der Waals surface area (Å²) in [4.78, 5) is 21.9. The molecule has 0 saturated carbocycles. The molecule has 0 saturated heterocycles. The maximum atomic E-state index is 11.9. The van der Waals surface area contributed by atoms with Gasteiger partial charge in [-0.25, -0.2) is 0 Å². The third-order valence-electron chi connectivity index (χ3n) is 2.77. The number of benzene rings is 2. The summed E-state index contributed by atoms with van der Waals surface area (Å²) < 4.78 is 5.23. The molecule has 0 unspecified atom stereocenters. The van der Waals surface area contributed by atoms with Gasteiger partial charge in [-0.1, -0.05) is 46.4 Å². The number of carbonyl (C=O) groups is 1. The highest BCUT2D eigenvalue weighted by Gasteiger charge is 2.13. The normalized spacial score (nSPS) is 10.3. The average Bonchev–Trinajstić information content (AvgIpc) is 2.51. The van der Waals surface area contributed by atoms with Crippen molar-refractivity contribution in [1.29, 1.82) is 0 Å². The third kappa shape index (κ3) is 4.64. The summed E-state index contributed by atoms with van der Waals surface area (Å²) in [5.41, 5.74) is 0.0915. The Morgan fingerprint density at radius 1 is 1.04 bits per heavy atom. The van der Waals surface area contributed by atoms with Gasteiger partial charge >= 0.3 is 0 Å². The number of rotatable bonds is 5. The van der Waals surface area contributed by atoms with Crippen molar-refractivity contribution in [3.05, 3.63) is 60.5 Å². The summed E-state index contributed by atoms with van der Waals surface area (Å²) in [6.07, 6.45) is 0. The fraction of sp³-hybridized carbons (Fsp3) is 0.0714. The fourth-order valence-corrected chi connectivity index (χ4v) is 2.49. The van der Waals surface area contributed by atoms with Crippen molar-refractivity contribution in [2.24, 2.45) is 0 Å². The Balaban J connectivity index is 2.01. The van der Waals surface area contributed by atoms with Crippen molar-refractivity contribution in [3.63, 3.8) is 0 Å². The SMILES string of the molecule is O=C(COc1ccc([N+](=O)[O-])cc1Cl)Nc1cc(Cl)c(Cl)cc1Cl. The van der Waals surface area contributed by atoms with E-state index < -0.39 is 10.8 Å². The Morgan fingerprint density at radius 3 is 2.33 bits per heavy atom. The highest BCUT2D eigenvalue weighted by Crippen LogP contribution is 2.32. The molecule has 24 heavy (non-hydrogen) atoms. The highest BCUT2D eigenvalue weighted by atomic mass is 35.5. The lowest BCUT2D eigenvalue weighted by atomic mass is 10.3. The minimum atomic E-state index is -0.589. The van der Waals surface area contributed by atoms with Gasteiger partial charge in [-0.05, 0) is 18.2 Å². The monoisotopic (exact) mass is 408 g/mol. The van der Waals surface area contributed by atoms with Crippen molar-refractivity contribution in [1.82, 2.24) is 0 Å². The number of ether oxygens (including phenoxy) is 1. The smallest absolute Gasteiger partial charge is 0.271 e. The first-order valence-electron chi connectivity index (χ1n) is 6.29. The number of nitrogens with one attached hydrogen (secondary N) is 1. The summed E-state index contributed by atoms with van der Waals surface area (Å²) in [5.74, 6) is -0.387. The van der Waals surface area contributed by atoms with Crippen LogP contribution in [0.3, 0.4) is 0 Å². The van der Waals surface area contributed by atoms with Gasteiger partial charge in [0.1, 0.15) is 5.75 Å². The van der Waals surface area contributed by atoms with Crippen LogP contribution in [0.15, 0.2) is 30.3 Å². The first-order chi connectivity index (χ1) is 11.3. The summed E-state index contributed by atoms with van der Waals surface area (Å²) in [5, 5.41) is 13.9. The minimum absolute atomic E-state index is 0.0181. The van der Waals surface area contributed by atoms with Gasteiger partial charge in [0.15, 0.2) is 6.61 Å². The molecule has 0 atom stereocenters. The molecule has 2 aromatic carbocycles. The number of nitro benzene ring substituents is 1. The van der Waals surface area contributed by atoms with E-state index in [4.69, 9.17) is 51.1 Å². The first kappa shape index (κ1) is 18.6. The molecular weight excluding hydrogens is 402 g/mol. The topological polar surface area (TPSA) is 81.5 Å². The zero-order chi connectivity index (χ0) is 17.9. The van der Waals surface area contributed by atoms with Crippen LogP contribution in [0.5, 0.6) is 5.75 Å². The lowest BCUT2D eigenvalue weighted by Crippen LogP contribution is -2.20. The zero-order valence-corrected chi connectivity index (χ0v) is 14.7. The standard InChI is InChI=1S/C14H8Cl4N2O4/c15-8-4-10(17)12(5-9(8)16)19-14(21)6-24-13-2-1-7(20(22)23)3-11(13)18/h1-5H,6H2,(H,19,21). The molecule has 1 amide bonds. The van der Waals surface area contributed by atoms with Crippen LogP contribution in [0.25, 0.3) is 0 Å². The number of nitro groups is 1. The molecule has 1 N–H and O–H groups in total. The van der Waals surface area contributed by atoms with Crippen LogP contribution < -0.4 is 10.1 Å². The molecule has 6 nitrogen and oxygen atoms in total. The van der Waals surface area contributed by atoms with Gasteiger partial charge in [-0.3, -0.25) is 14.9 Å². The molecule has 126 valence electrons. The molecule has 0 bridgehead atoms. The number of hydrogen-bond acceptors (Lipinski definition) is 4. The largest absolute Gasteiger partial charge is 0.482 e. The Morgan fingerprint density at radius 2 is 1.71 bits per heavy atom. The van der Waals surface area contributed by atoms with Crippen LogP contribution in [0.4, 0.5) is 11.4 Å². The number of halogens is 4. The second kappa shape index (κ2) is 7.90. The van der Waals surface area contributed by atoms with Crippen LogP contribution >= 0.6 is 46.4 Å². The Labute approximate surface area is 156 Å². The number of anilines is 1. The summed E-state index contributed by atoms with van der Waals surface area (Å²) >= 11 is 23.5. The quantitative estimate of drug-likeness (QED) is 0.416. The Bertz CT molecular complexity index is 814. The van der Waals surface area contributed by atoms with E-state index in [1.165, 1.54) is 24.3 Å². The summed E-state index contributed by atoms with van der Waals surface area (Å²) in [6, 6.07) is 6.46. The van der Waals surface area contributed by atoms with Gasteiger partial charge in [0.2, 0.25) is 0 Å². The highest BCUT2D eigenvalue weighted by molar-refractivity contribution is 6.44. The molecule has 0 aliphatic carbocycles. The average molecular weight is 410 g/mol. The Kier molecular flexibility index (Phi) is 6.12. The molecule has 2 rings (SSSR count). The number of amides is 1. The lowest BCUT2D eigenvalue weighted by Gasteiger charge is -2.10. The molecule has 10 heteroatoms. The van der Waals surface area contributed by atoms with Crippen LogP contribution in [0.2, 0.25) is 20.1 Å². The number of carbonyl (C=O) groups excluding carboxylic acids is 1. The number of non-ortho nitro benzene ring substituents is 1. The molecule has 0 heterocycles. The van der Waals surface area contributed by atoms with E-state index in [0.29, 0.717) is 0 Å². The second-order valence-corrected chi connectivity index (χ2v) is 6.08. The van der Waals surface area contributed by atoms with E-state index in [2.05, 4.69) is 5.32 Å². The van der Waals surface area contributed by atoms with Crippen LogP contribution in [0.1, 0.15) is 0 Å². The molecule has 0 fully saturated rings. The van der Waals surface area contributed by atoms with Gasteiger partial charge in [0, 0.05) is 12.1 Å². The van der Waals surface area contributed by atoms with E-state index in [0.717, 1.165) is 6.07 Å². The van der Waals surface area contributed by atoms with Crippen LogP contribution in [-0.2, 0) is 4.79 Å². The first-order valence-corrected chi connectivity index (χ1v) is 7.80. The molecule has 0 aliphatic heterocycles. The maximum Gasteiger partial charge on any atom is 0.271 e. The molecular formula is C14H8Cl4N2O4.